The van der Waals surface area contributed by atoms with Crippen molar-refractivity contribution in [3.63, 3.8) is 0 Å². The Bertz CT molecular complexity index is 1660. The minimum atomic E-state index is -4.88. The number of carbonyl (C=O) groups excluding carboxylic acids is 4. The molecule has 0 saturated heterocycles. The number of halogens is 4. The Morgan fingerprint density at radius 2 is 1.39 bits per heavy atom. The van der Waals surface area contributed by atoms with E-state index in [1.807, 2.05) is 18.2 Å². The number of aromatic amines is 1. The van der Waals surface area contributed by atoms with Crippen LogP contribution in [0.2, 0.25) is 0 Å². The van der Waals surface area contributed by atoms with Crippen LogP contribution in [0, 0.1) is 5.92 Å². The number of ether oxygens (including phenoxy) is 1. The largest absolute Gasteiger partial charge is 0.573 e. The van der Waals surface area contributed by atoms with Crippen molar-refractivity contribution in [2.24, 2.45) is 5.92 Å². The lowest BCUT2D eigenvalue weighted by Crippen LogP contribution is -2.53. The van der Waals surface area contributed by atoms with E-state index in [0.717, 1.165) is 104 Å². The zero-order valence-electron chi connectivity index (χ0n) is 32.8. The van der Waals surface area contributed by atoms with Crippen LogP contribution in [0.15, 0.2) is 53.0 Å². The Morgan fingerprint density at radius 3 is 2.07 bits per heavy atom. The Morgan fingerprint density at radius 1 is 0.750 bits per heavy atom. The molecule has 0 spiro atoms. The Labute approximate surface area is 337 Å². The topological polar surface area (TPSA) is 141 Å². The van der Waals surface area contributed by atoms with Gasteiger partial charge in [0, 0.05) is 41.4 Å². The monoisotopic (exact) mass is 849 g/mol. The molecule has 0 aliphatic rings. The first-order chi connectivity index (χ1) is 26.8. The van der Waals surface area contributed by atoms with Crippen LogP contribution in [0.25, 0.3) is 10.9 Å². The molecular formula is C42H59BrF3N5O5. The average Bonchev–Trinajstić information content (AvgIpc) is 3.56. The van der Waals surface area contributed by atoms with Crippen molar-refractivity contribution in [2.75, 3.05) is 19.6 Å². The molecule has 0 radical (unpaired) electrons. The minimum Gasteiger partial charge on any atom is -0.406 e. The van der Waals surface area contributed by atoms with E-state index >= 15 is 0 Å². The molecule has 14 heteroatoms. The molecule has 0 saturated carbocycles. The second kappa shape index (κ2) is 25.2. The number of carbonyl (C=O) groups is 4. The number of benzene rings is 2. The van der Waals surface area contributed by atoms with E-state index in [-0.39, 0.29) is 30.1 Å². The minimum absolute atomic E-state index is 0.154. The molecule has 10 nitrogen and oxygen atoms in total. The smallest absolute Gasteiger partial charge is 0.406 e. The van der Waals surface area contributed by atoms with E-state index in [1.165, 1.54) is 37.8 Å². The predicted octanol–water partition coefficient (Wildman–Crippen LogP) is 9.03. The SMILES string of the molecule is CC(C)CCCCCCNC(=O)CCCCCCCCCCCNC(=O)C(CNC(=O)c1cc2cc(Br)ccc2[nH]1)NC(=O)Cc1cccc(OC(F)(F)F)c1. The summed E-state index contributed by atoms with van der Waals surface area (Å²) in [5.41, 5.74) is 1.29. The number of unbranched alkanes of at least 4 members (excludes halogenated alkanes) is 11. The Hall–Kier alpha value is -4.07. The van der Waals surface area contributed by atoms with Crippen molar-refractivity contribution in [2.45, 2.75) is 129 Å². The molecule has 4 amide bonds. The van der Waals surface area contributed by atoms with E-state index in [9.17, 15) is 32.3 Å². The number of nitrogens with one attached hydrogen (secondary N) is 5. The van der Waals surface area contributed by atoms with Gasteiger partial charge in [-0.2, -0.15) is 0 Å². The van der Waals surface area contributed by atoms with E-state index in [1.54, 1.807) is 6.07 Å². The summed E-state index contributed by atoms with van der Waals surface area (Å²) in [7, 11) is 0. The Balaban J connectivity index is 1.34. The van der Waals surface area contributed by atoms with Crippen molar-refractivity contribution in [1.82, 2.24) is 26.3 Å². The van der Waals surface area contributed by atoms with Crippen molar-refractivity contribution in [1.29, 1.82) is 0 Å². The third kappa shape index (κ3) is 19.7. The first-order valence-electron chi connectivity index (χ1n) is 20.0. The molecule has 5 N–H and O–H groups in total. The fourth-order valence-corrected chi connectivity index (χ4v) is 6.72. The molecule has 1 unspecified atom stereocenters. The zero-order valence-corrected chi connectivity index (χ0v) is 34.3. The van der Waals surface area contributed by atoms with Crippen LogP contribution < -0.4 is 26.0 Å². The lowest BCUT2D eigenvalue weighted by Gasteiger charge is -2.19. The number of H-pyrrole nitrogens is 1. The second-order valence-corrected chi connectivity index (χ2v) is 15.7. The van der Waals surface area contributed by atoms with Crippen LogP contribution in [-0.4, -0.2) is 60.7 Å². The van der Waals surface area contributed by atoms with E-state index in [4.69, 9.17) is 0 Å². The molecule has 0 aliphatic carbocycles. The van der Waals surface area contributed by atoms with E-state index < -0.39 is 35.9 Å². The highest BCUT2D eigenvalue weighted by atomic mass is 79.9. The van der Waals surface area contributed by atoms with Gasteiger partial charge in [0.25, 0.3) is 5.91 Å². The van der Waals surface area contributed by atoms with Crippen LogP contribution in [0.3, 0.4) is 0 Å². The summed E-state index contributed by atoms with van der Waals surface area (Å²) in [5.74, 6) is -1.12. The van der Waals surface area contributed by atoms with Gasteiger partial charge in [0.15, 0.2) is 0 Å². The molecule has 0 bridgehead atoms. The van der Waals surface area contributed by atoms with Crippen LogP contribution in [0.1, 0.15) is 126 Å². The summed E-state index contributed by atoms with van der Waals surface area (Å²) in [5, 5.41) is 12.0. The molecule has 1 heterocycles. The third-order valence-corrected chi connectivity index (χ3v) is 9.85. The number of aromatic nitrogens is 1. The average molecular weight is 851 g/mol. The number of hydrogen-bond acceptors (Lipinski definition) is 5. The highest BCUT2D eigenvalue weighted by molar-refractivity contribution is 9.10. The number of alkyl halides is 3. The van der Waals surface area contributed by atoms with Crippen LogP contribution in [0.4, 0.5) is 13.2 Å². The highest BCUT2D eigenvalue weighted by Crippen LogP contribution is 2.24. The zero-order chi connectivity index (χ0) is 40.8. The lowest BCUT2D eigenvalue weighted by atomic mass is 10.0. The van der Waals surface area contributed by atoms with Crippen molar-refractivity contribution in [3.05, 3.63) is 64.3 Å². The van der Waals surface area contributed by atoms with Gasteiger partial charge in [0.2, 0.25) is 17.7 Å². The maximum atomic E-state index is 13.2. The van der Waals surface area contributed by atoms with E-state index in [0.29, 0.717) is 13.0 Å². The summed E-state index contributed by atoms with van der Waals surface area (Å²) in [6, 6.07) is 11.1. The summed E-state index contributed by atoms with van der Waals surface area (Å²) in [4.78, 5) is 54.3. The molecule has 1 atom stereocenters. The van der Waals surface area contributed by atoms with Gasteiger partial charge in [-0.25, -0.2) is 0 Å². The van der Waals surface area contributed by atoms with Crippen LogP contribution in [-0.2, 0) is 20.8 Å². The van der Waals surface area contributed by atoms with Gasteiger partial charge in [-0.1, -0.05) is 113 Å². The molecule has 0 fully saturated rings. The second-order valence-electron chi connectivity index (χ2n) is 14.8. The van der Waals surface area contributed by atoms with Gasteiger partial charge >= 0.3 is 6.36 Å². The van der Waals surface area contributed by atoms with Crippen molar-refractivity contribution < 1.29 is 37.1 Å². The first-order valence-corrected chi connectivity index (χ1v) is 20.8. The molecule has 1 aromatic heterocycles. The Kier molecular flexibility index (Phi) is 20.9. The maximum absolute atomic E-state index is 13.2. The van der Waals surface area contributed by atoms with Gasteiger partial charge in [0.05, 0.1) is 6.42 Å². The van der Waals surface area contributed by atoms with Gasteiger partial charge in [-0.05, 0) is 67.1 Å². The summed E-state index contributed by atoms with van der Waals surface area (Å²) in [6.45, 7) is 5.44. The normalized spacial score (nSPS) is 12.1. The summed E-state index contributed by atoms with van der Waals surface area (Å²) >= 11 is 3.41. The quantitative estimate of drug-likeness (QED) is 0.0487. The van der Waals surface area contributed by atoms with Gasteiger partial charge < -0.3 is 31.0 Å². The highest BCUT2D eigenvalue weighted by Gasteiger charge is 2.31. The summed E-state index contributed by atoms with van der Waals surface area (Å²) < 4.78 is 42.9. The molecule has 56 heavy (non-hydrogen) atoms. The summed E-state index contributed by atoms with van der Waals surface area (Å²) in [6.07, 6.45) is 10.5. The third-order valence-electron chi connectivity index (χ3n) is 9.35. The lowest BCUT2D eigenvalue weighted by molar-refractivity contribution is -0.274. The van der Waals surface area contributed by atoms with Gasteiger partial charge in [0.1, 0.15) is 17.5 Å². The predicted molar refractivity (Wildman–Crippen MR) is 217 cm³/mol. The van der Waals surface area contributed by atoms with Crippen molar-refractivity contribution in [3.8, 4) is 5.75 Å². The molecule has 310 valence electrons. The maximum Gasteiger partial charge on any atom is 0.573 e. The van der Waals surface area contributed by atoms with Gasteiger partial charge in [-0.15, -0.1) is 13.2 Å². The van der Waals surface area contributed by atoms with Crippen molar-refractivity contribution >= 4 is 50.5 Å². The molecule has 2 aromatic carbocycles. The fraction of sp³-hybridized carbons (Fsp3) is 0.571. The molecule has 3 rings (SSSR count). The van der Waals surface area contributed by atoms with Gasteiger partial charge in [-0.3, -0.25) is 19.2 Å². The number of amides is 4. The molecular weight excluding hydrogens is 791 g/mol. The molecule has 0 aliphatic heterocycles. The van der Waals surface area contributed by atoms with E-state index in [2.05, 4.69) is 60.8 Å². The van der Waals surface area contributed by atoms with Crippen LogP contribution in [0.5, 0.6) is 5.75 Å². The number of rotatable bonds is 27. The molecule has 3 aromatic rings. The fourth-order valence-electron chi connectivity index (χ4n) is 6.34. The number of hydrogen-bond donors (Lipinski definition) is 5. The number of fused-ring (bicyclic) bond motifs is 1. The standard InChI is InChI=1S/C42H59BrF3N5O5/c1-30(2)17-12-9-11-14-23-47-38(52)20-13-8-6-4-3-5-7-10-15-24-48-41(55)37(29-49-40(54)36-28-32-27-33(43)21-22-35(32)50-36)51-39(53)26-31-18-16-19-34(25-31)56-42(44,45)46/h16,18-19,21-22,25,27-28,30,37,50H,3-15,17,20,23-24,26,29H2,1-2H3,(H,47,52)(H,48,55)(H,49,54)(H,51,53). The van der Waals surface area contributed by atoms with Crippen LogP contribution >= 0.6 is 15.9 Å². The first kappa shape index (κ1) is 46.3.